The number of amides is 1. The molecule has 3 aliphatic rings. The van der Waals surface area contributed by atoms with Crippen LogP contribution in [0.3, 0.4) is 0 Å². The molecule has 0 bridgehead atoms. The molecule has 3 fully saturated rings. The van der Waals surface area contributed by atoms with Gasteiger partial charge in [-0.2, -0.15) is 0 Å². The Morgan fingerprint density at radius 1 is 1.23 bits per heavy atom. The van der Waals surface area contributed by atoms with Gasteiger partial charge in [-0.15, -0.1) is 0 Å². The molecule has 4 rings (SSSR count). The van der Waals surface area contributed by atoms with Crippen LogP contribution in [0.5, 0.6) is 0 Å². The third-order valence-electron chi connectivity index (χ3n) is 5.69. The maximum atomic E-state index is 13.8. The first-order valence-corrected chi connectivity index (χ1v) is 8.04. The molecule has 118 valence electrons. The maximum absolute atomic E-state index is 13.8. The minimum atomic E-state index is -0.578. The van der Waals surface area contributed by atoms with E-state index < -0.39 is 11.6 Å². The lowest BCUT2D eigenvalue weighted by atomic mass is 9.98. The van der Waals surface area contributed by atoms with Gasteiger partial charge < -0.3 is 10.6 Å². The molecule has 1 aromatic carbocycles. The zero-order valence-corrected chi connectivity index (χ0v) is 12.3. The Balaban J connectivity index is 1.43. The van der Waals surface area contributed by atoms with Gasteiger partial charge in [0.2, 0.25) is 5.91 Å². The first kappa shape index (κ1) is 14.1. The van der Waals surface area contributed by atoms with Crippen molar-refractivity contribution in [3.8, 4) is 0 Å². The second kappa shape index (κ2) is 5.01. The summed E-state index contributed by atoms with van der Waals surface area (Å²) in [5, 5.41) is 0. The van der Waals surface area contributed by atoms with Crippen LogP contribution >= 0.6 is 0 Å². The van der Waals surface area contributed by atoms with Crippen LogP contribution in [0, 0.1) is 29.4 Å². The van der Waals surface area contributed by atoms with E-state index >= 15 is 0 Å². The smallest absolute Gasteiger partial charge is 0.226 e. The molecular weight excluding hydrogens is 286 g/mol. The molecule has 0 spiro atoms. The van der Waals surface area contributed by atoms with Crippen LogP contribution in [0.15, 0.2) is 18.2 Å². The van der Waals surface area contributed by atoms with E-state index in [1.54, 1.807) is 0 Å². The standard InChI is InChI=1S/C17H20F2N2O/c18-10-2-3-11(15(19)5-10)12-6-13(12)17(22)21-7-9-1-4-16(20)14(9)8-21/h2-3,5,9,12-14,16H,1,4,6-8,20H2. The summed E-state index contributed by atoms with van der Waals surface area (Å²) in [5.41, 5.74) is 6.57. The van der Waals surface area contributed by atoms with Crippen molar-refractivity contribution in [3.05, 3.63) is 35.4 Å². The summed E-state index contributed by atoms with van der Waals surface area (Å²) in [6, 6.07) is 3.84. The second-order valence-electron chi connectivity index (χ2n) is 7.02. The highest BCUT2D eigenvalue weighted by molar-refractivity contribution is 5.83. The van der Waals surface area contributed by atoms with Crippen molar-refractivity contribution >= 4 is 5.91 Å². The van der Waals surface area contributed by atoms with Gasteiger partial charge in [0.15, 0.2) is 0 Å². The van der Waals surface area contributed by atoms with Crippen molar-refractivity contribution in [2.45, 2.75) is 31.2 Å². The van der Waals surface area contributed by atoms with E-state index in [-0.39, 0.29) is 23.8 Å². The molecule has 5 atom stereocenters. The van der Waals surface area contributed by atoms with Gasteiger partial charge in [-0.25, -0.2) is 8.78 Å². The van der Waals surface area contributed by atoms with Gasteiger partial charge in [0, 0.05) is 31.1 Å². The van der Waals surface area contributed by atoms with Crippen LogP contribution < -0.4 is 5.73 Å². The van der Waals surface area contributed by atoms with E-state index in [9.17, 15) is 13.6 Å². The van der Waals surface area contributed by atoms with Gasteiger partial charge in [-0.05, 0) is 48.6 Å². The predicted molar refractivity (Wildman–Crippen MR) is 78.0 cm³/mol. The lowest BCUT2D eigenvalue weighted by Gasteiger charge is -2.19. The summed E-state index contributed by atoms with van der Waals surface area (Å²) >= 11 is 0. The molecule has 2 saturated carbocycles. The summed E-state index contributed by atoms with van der Waals surface area (Å²) in [7, 11) is 0. The third kappa shape index (κ3) is 2.22. The Morgan fingerprint density at radius 3 is 2.77 bits per heavy atom. The molecule has 1 amide bonds. The number of rotatable bonds is 2. The Bertz CT molecular complexity index is 621. The Kier molecular flexibility index (Phi) is 3.22. The number of hydrogen-bond acceptors (Lipinski definition) is 2. The fourth-order valence-corrected chi connectivity index (χ4v) is 4.34. The largest absolute Gasteiger partial charge is 0.342 e. The molecule has 2 N–H and O–H groups in total. The van der Waals surface area contributed by atoms with E-state index in [2.05, 4.69) is 0 Å². The lowest BCUT2D eigenvalue weighted by molar-refractivity contribution is -0.131. The molecule has 0 radical (unpaired) electrons. The van der Waals surface area contributed by atoms with Crippen molar-refractivity contribution in [1.82, 2.24) is 4.90 Å². The van der Waals surface area contributed by atoms with E-state index in [0.29, 0.717) is 23.8 Å². The van der Waals surface area contributed by atoms with Crippen molar-refractivity contribution in [2.24, 2.45) is 23.5 Å². The molecular formula is C17H20F2N2O. The van der Waals surface area contributed by atoms with Crippen molar-refractivity contribution in [2.75, 3.05) is 13.1 Å². The highest BCUT2D eigenvalue weighted by Crippen LogP contribution is 2.50. The van der Waals surface area contributed by atoms with Crippen LogP contribution in [-0.2, 0) is 4.79 Å². The van der Waals surface area contributed by atoms with Crippen molar-refractivity contribution in [1.29, 1.82) is 0 Å². The van der Waals surface area contributed by atoms with Gasteiger partial charge >= 0.3 is 0 Å². The zero-order chi connectivity index (χ0) is 15.4. The maximum Gasteiger partial charge on any atom is 0.226 e. The predicted octanol–water partition coefficient (Wildman–Crippen LogP) is 2.26. The number of carbonyl (C=O) groups excluding carboxylic acids is 1. The van der Waals surface area contributed by atoms with Crippen LogP contribution in [0.4, 0.5) is 8.78 Å². The van der Waals surface area contributed by atoms with Gasteiger partial charge in [-0.3, -0.25) is 4.79 Å². The molecule has 2 aliphatic carbocycles. The summed E-state index contributed by atoms with van der Waals surface area (Å²) in [5.74, 6) is -0.262. The molecule has 22 heavy (non-hydrogen) atoms. The summed E-state index contributed by atoms with van der Waals surface area (Å²) < 4.78 is 26.8. The molecule has 1 aromatic rings. The fourth-order valence-electron chi connectivity index (χ4n) is 4.34. The van der Waals surface area contributed by atoms with Crippen LogP contribution in [-0.4, -0.2) is 29.9 Å². The number of halogens is 2. The monoisotopic (exact) mass is 306 g/mol. The minimum Gasteiger partial charge on any atom is -0.342 e. The van der Waals surface area contributed by atoms with Crippen molar-refractivity contribution in [3.63, 3.8) is 0 Å². The second-order valence-corrected chi connectivity index (χ2v) is 7.02. The van der Waals surface area contributed by atoms with E-state index in [0.717, 1.165) is 32.0 Å². The Labute approximate surface area is 128 Å². The Hall–Kier alpha value is -1.49. The number of nitrogens with zero attached hydrogens (tertiary/aromatic N) is 1. The lowest BCUT2D eigenvalue weighted by Crippen LogP contribution is -2.34. The van der Waals surface area contributed by atoms with Crippen LogP contribution in [0.25, 0.3) is 0 Å². The molecule has 5 heteroatoms. The number of carbonyl (C=O) groups is 1. The van der Waals surface area contributed by atoms with Gasteiger partial charge in [0.25, 0.3) is 0 Å². The van der Waals surface area contributed by atoms with E-state index in [1.807, 2.05) is 4.90 Å². The first-order valence-electron chi connectivity index (χ1n) is 8.04. The first-order chi connectivity index (χ1) is 10.5. The summed E-state index contributed by atoms with van der Waals surface area (Å²) in [4.78, 5) is 14.5. The number of hydrogen-bond donors (Lipinski definition) is 1. The van der Waals surface area contributed by atoms with Crippen LogP contribution in [0.1, 0.15) is 30.7 Å². The highest BCUT2D eigenvalue weighted by Gasteiger charge is 2.50. The van der Waals surface area contributed by atoms with E-state index in [4.69, 9.17) is 5.73 Å². The average Bonchev–Trinajstić information content (AvgIpc) is 3.01. The molecule has 3 nitrogen and oxygen atoms in total. The molecule has 1 saturated heterocycles. The third-order valence-corrected chi connectivity index (χ3v) is 5.69. The average molecular weight is 306 g/mol. The fraction of sp³-hybridized carbons (Fsp3) is 0.588. The molecule has 1 heterocycles. The summed E-state index contributed by atoms with van der Waals surface area (Å²) in [6.07, 6.45) is 2.83. The quantitative estimate of drug-likeness (QED) is 0.911. The normalized spacial score (nSPS) is 36.5. The van der Waals surface area contributed by atoms with Crippen molar-refractivity contribution < 1.29 is 13.6 Å². The Morgan fingerprint density at radius 2 is 2.05 bits per heavy atom. The minimum absolute atomic E-state index is 0.0952. The topological polar surface area (TPSA) is 46.3 Å². The number of fused-ring (bicyclic) bond motifs is 1. The van der Waals surface area contributed by atoms with Gasteiger partial charge in [-0.1, -0.05) is 6.07 Å². The van der Waals surface area contributed by atoms with Gasteiger partial charge in [0.05, 0.1) is 0 Å². The number of benzene rings is 1. The SMILES string of the molecule is NC1CCC2CN(C(=O)C3CC3c3ccc(F)cc3F)CC12. The number of likely N-dealkylation sites (tertiary alicyclic amines) is 1. The molecule has 1 aliphatic heterocycles. The number of nitrogens with two attached hydrogens (primary N) is 1. The highest BCUT2D eigenvalue weighted by atomic mass is 19.1. The molecule has 0 aromatic heterocycles. The van der Waals surface area contributed by atoms with Crippen LogP contribution in [0.2, 0.25) is 0 Å². The zero-order valence-electron chi connectivity index (χ0n) is 12.3. The van der Waals surface area contributed by atoms with E-state index in [1.165, 1.54) is 12.1 Å². The molecule has 5 unspecified atom stereocenters. The summed E-state index contributed by atoms with van der Waals surface area (Å²) in [6.45, 7) is 1.55. The van der Waals surface area contributed by atoms with Gasteiger partial charge in [0.1, 0.15) is 11.6 Å².